The van der Waals surface area contributed by atoms with E-state index in [2.05, 4.69) is 5.32 Å². The van der Waals surface area contributed by atoms with Crippen LogP contribution < -0.4 is 5.32 Å². The monoisotopic (exact) mass is 577 g/mol. The number of hydrogen-bond acceptors (Lipinski definition) is 5. The number of sulfonamides is 1. The summed E-state index contributed by atoms with van der Waals surface area (Å²) in [6, 6.07) is 20.2. The Morgan fingerprint density at radius 3 is 2.32 bits per heavy atom. The van der Waals surface area contributed by atoms with Gasteiger partial charge in [-0.05, 0) is 36.6 Å². The molecule has 10 heteroatoms. The second kappa shape index (κ2) is 12.2. The second-order valence-corrected chi connectivity index (χ2v) is 12.3. The van der Waals surface area contributed by atoms with Gasteiger partial charge < -0.3 is 10.2 Å². The zero-order valence-corrected chi connectivity index (χ0v) is 23.4. The van der Waals surface area contributed by atoms with Crippen molar-refractivity contribution < 1.29 is 27.2 Å². The summed E-state index contributed by atoms with van der Waals surface area (Å²) in [5.74, 6) is -2.13. The van der Waals surface area contributed by atoms with Gasteiger partial charge in [0.1, 0.15) is 16.8 Å². The van der Waals surface area contributed by atoms with E-state index in [0.717, 1.165) is 31.2 Å². The van der Waals surface area contributed by atoms with Crippen LogP contribution in [0.15, 0.2) is 83.8 Å². The third-order valence-corrected chi connectivity index (χ3v) is 9.55. The van der Waals surface area contributed by atoms with E-state index < -0.39 is 40.2 Å². The molecule has 0 spiro atoms. The second-order valence-electron chi connectivity index (χ2n) is 10.4. The summed E-state index contributed by atoms with van der Waals surface area (Å²) >= 11 is 0. The molecule has 3 aromatic rings. The molecule has 1 aliphatic carbocycles. The number of carbonyl (C=O) groups is 3. The van der Waals surface area contributed by atoms with Crippen molar-refractivity contribution >= 4 is 27.7 Å². The van der Waals surface area contributed by atoms with Crippen molar-refractivity contribution in [3.05, 3.63) is 101 Å². The van der Waals surface area contributed by atoms with Gasteiger partial charge in [-0.2, -0.15) is 0 Å². The number of benzene rings is 3. The van der Waals surface area contributed by atoms with Crippen LogP contribution in [0.1, 0.15) is 53.6 Å². The third-order valence-electron chi connectivity index (χ3n) is 7.71. The fraction of sp³-hybridized carbons (Fsp3) is 0.323. The molecular weight excluding hydrogens is 545 g/mol. The topological polar surface area (TPSA) is 104 Å². The van der Waals surface area contributed by atoms with Gasteiger partial charge in [0.25, 0.3) is 15.9 Å². The first-order valence-electron chi connectivity index (χ1n) is 13.8. The van der Waals surface area contributed by atoms with Gasteiger partial charge in [-0.15, -0.1) is 0 Å². The fourth-order valence-electron chi connectivity index (χ4n) is 5.52. The third kappa shape index (κ3) is 6.17. The van der Waals surface area contributed by atoms with Gasteiger partial charge in [0.15, 0.2) is 0 Å². The van der Waals surface area contributed by atoms with Crippen molar-refractivity contribution in [3.8, 4) is 0 Å². The molecule has 0 saturated heterocycles. The van der Waals surface area contributed by atoms with Gasteiger partial charge in [-0.3, -0.25) is 14.4 Å². The molecule has 1 atom stereocenters. The lowest BCUT2D eigenvalue weighted by molar-refractivity contribution is -0.141. The number of halogens is 1. The first-order chi connectivity index (χ1) is 19.8. The van der Waals surface area contributed by atoms with E-state index in [4.69, 9.17) is 0 Å². The molecule has 1 N–H and O–H groups in total. The van der Waals surface area contributed by atoms with Crippen LogP contribution in [-0.4, -0.2) is 54.0 Å². The predicted octanol–water partition coefficient (Wildman–Crippen LogP) is 4.06. The lowest BCUT2D eigenvalue weighted by atomic mass is 10.0. The van der Waals surface area contributed by atoms with E-state index in [0.29, 0.717) is 4.31 Å². The van der Waals surface area contributed by atoms with Crippen molar-refractivity contribution in [2.24, 2.45) is 0 Å². The summed E-state index contributed by atoms with van der Waals surface area (Å²) in [6.45, 7) is -0.591. The van der Waals surface area contributed by atoms with E-state index in [1.54, 1.807) is 24.3 Å². The van der Waals surface area contributed by atoms with Crippen LogP contribution in [0, 0.1) is 5.82 Å². The Balaban J connectivity index is 1.44. The lowest BCUT2D eigenvalue weighted by Gasteiger charge is -2.33. The Hall–Kier alpha value is -4.05. The maximum Gasteiger partial charge on any atom is 0.269 e. The van der Waals surface area contributed by atoms with Gasteiger partial charge in [0, 0.05) is 37.5 Å². The summed E-state index contributed by atoms with van der Waals surface area (Å²) < 4.78 is 41.6. The minimum absolute atomic E-state index is 0.00273. The Morgan fingerprint density at radius 1 is 0.951 bits per heavy atom. The highest BCUT2D eigenvalue weighted by Crippen LogP contribution is 2.30. The first kappa shape index (κ1) is 28.5. The number of nitrogens with zero attached hydrogens (tertiary/aromatic N) is 2. The van der Waals surface area contributed by atoms with Crippen LogP contribution in [0.4, 0.5) is 4.39 Å². The maximum atomic E-state index is 14.8. The molecule has 3 aromatic carbocycles. The minimum atomic E-state index is -4.11. The van der Waals surface area contributed by atoms with E-state index >= 15 is 0 Å². The molecule has 5 rings (SSSR count). The molecule has 0 radical (unpaired) electrons. The minimum Gasteiger partial charge on any atom is -0.352 e. The summed E-state index contributed by atoms with van der Waals surface area (Å²) in [4.78, 5) is 41.7. The van der Waals surface area contributed by atoms with Crippen LogP contribution in [-0.2, 0) is 32.6 Å². The molecule has 8 nitrogen and oxygen atoms in total. The number of amides is 3. The summed E-state index contributed by atoms with van der Waals surface area (Å²) in [5, 5.41) is 3.08. The quantitative estimate of drug-likeness (QED) is 0.392. The molecule has 1 aliphatic heterocycles. The number of carbonyl (C=O) groups excluding carboxylic acids is 3. The normalized spacial score (nSPS) is 16.8. The highest BCUT2D eigenvalue weighted by atomic mass is 32.2. The standard InChI is InChI=1S/C31H32FN3O5S/c32-26-16-8-4-12-23(26)21-34(27(20-22-10-2-1-3-11-22)30(37)33-24-13-5-6-14-24)29(36)18-19-35-31(38)25-15-7-9-17-28(25)41(35,39)40/h1-4,7-12,15-17,24,27H,5-6,13-14,18-21H2,(H,33,37)/t27-/m1/s1. The number of rotatable bonds is 10. The van der Waals surface area contributed by atoms with E-state index in [-0.39, 0.29) is 47.4 Å². The van der Waals surface area contributed by atoms with Crippen LogP contribution in [0.2, 0.25) is 0 Å². The van der Waals surface area contributed by atoms with E-state index in [1.165, 1.54) is 29.2 Å². The summed E-state index contributed by atoms with van der Waals surface area (Å²) in [5.41, 5.74) is 1.10. The average molecular weight is 578 g/mol. The molecular formula is C31H32FN3O5S. The highest BCUT2D eigenvalue weighted by Gasteiger charge is 2.41. The van der Waals surface area contributed by atoms with Gasteiger partial charge >= 0.3 is 0 Å². The SMILES string of the molecule is O=C(NC1CCCC1)[C@@H](Cc1ccccc1)N(Cc1ccccc1F)C(=O)CCN1C(=O)c2ccccc2S1(=O)=O. The molecule has 0 bridgehead atoms. The van der Waals surface area contributed by atoms with E-state index in [1.807, 2.05) is 30.3 Å². The van der Waals surface area contributed by atoms with Gasteiger partial charge in [0.2, 0.25) is 11.8 Å². The number of hydrogen-bond donors (Lipinski definition) is 1. The molecule has 1 saturated carbocycles. The van der Waals surface area contributed by atoms with Gasteiger partial charge in [0.05, 0.1) is 5.56 Å². The molecule has 2 aliphatic rings. The van der Waals surface area contributed by atoms with Crippen LogP contribution >= 0.6 is 0 Å². The zero-order valence-electron chi connectivity index (χ0n) is 22.5. The molecule has 0 aromatic heterocycles. The van der Waals surface area contributed by atoms with Crippen LogP contribution in [0.25, 0.3) is 0 Å². The lowest BCUT2D eigenvalue weighted by Crippen LogP contribution is -2.52. The Bertz CT molecular complexity index is 1540. The summed E-state index contributed by atoms with van der Waals surface area (Å²) in [7, 11) is -4.11. The number of nitrogens with one attached hydrogen (secondary N) is 1. The zero-order chi connectivity index (χ0) is 29.0. The Morgan fingerprint density at radius 2 is 1.61 bits per heavy atom. The largest absolute Gasteiger partial charge is 0.352 e. The van der Waals surface area contributed by atoms with Gasteiger partial charge in [-0.25, -0.2) is 17.1 Å². The first-order valence-corrected chi connectivity index (χ1v) is 15.2. The maximum absolute atomic E-state index is 14.8. The molecule has 1 fully saturated rings. The molecule has 41 heavy (non-hydrogen) atoms. The average Bonchev–Trinajstić information content (AvgIpc) is 3.55. The van der Waals surface area contributed by atoms with Crippen molar-refractivity contribution in [2.75, 3.05) is 6.54 Å². The molecule has 214 valence electrons. The Labute approximate surface area is 239 Å². The smallest absolute Gasteiger partial charge is 0.269 e. The number of fused-ring (bicyclic) bond motifs is 1. The Kier molecular flexibility index (Phi) is 8.49. The summed E-state index contributed by atoms with van der Waals surface area (Å²) in [6.07, 6.45) is 3.53. The van der Waals surface area contributed by atoms with Crippen molar-refractivity contribution in [3.63, 3.8) is 0 Å². The van der Waals surface area contributed by atoms with Crippen LogP contribution in [0.3, 0.4) is 0 Å². The predicted molar refractivity (Wildman–Crippen MR) is 151 cm³/mol. The van der Waals surface area contributed by atoms with Crippen molar-refractivity contribution in [1.82, 2.24) is 14.5 Å². The molecule has 3 amide bonds. The van der Waals surface area contributed by atoms with E-state index in [9.17, 15) is 27.2 Å². The van der Waals surface area contributed by atoms with Crippen molar-refractivity contribution in [2.45, 2.75) is 62.0 Å². The molecule has 0 unspecified atom stereocenters. The fourth-order valence-corrected chi connectivity index (χ4v) is 7.09. The highest BCUT2D eigenvalue weighted by molar-refractivity contribution is 7.90. The molecule has 1 heterocycles. The van der Waals surface area contributed by atoms with Crippen LogP contribution in [0.5, 0.6) is 0 Å². The van der Waals surface area contributed by atoms with Crippen molar-refractivity contribution in [1.29, 1.82) is 0 Å². The van der Waals surface area contributed by atoms with Gasteiger partial charge in [-0.1, -0.05) is 73.5 Å².